The minimum atomic E-state index is -3.82. The van der Waals surface area contributed by atoms with Crippen LogP contribution in [0.5, 0.6) is 5.75 Å². The van der Waals surface area contributed by atoms with Gasteiger partial charge in [0.25, 0.3) is 0 Å². The van der Waals surface area contributed by atoms with Crippen molar-refractivity contribution in [2.45, 2.75) is 46.2 Å². The number of sulfonamides is 1. The van der Waals surface area contributed by atoms with Crippen LogP contribution >= 0.6 is 0 Å². The van der Waals surface area contributed by atoms with Crippen molar-refractivity contribution in [3.05, 3.63) is 95.6 Å². The Morgan fingerprint density at radius 3 is 2.22 bits per heavy atom. The Morgan fingerprint density at radius 1 is 0.927 bits per heavy atom. The number of benzene rings is 3. The number of hydrogen-bond acceptors (Lipinski definition) is 5. The Balaban J connectivity index is 2.08. The van der Waals surface area contributed by atoms with Crippen LogP contribution in [-0.4, -0.2) is 57.6 Å². The zero-order chi connectivity index (χ0) is 30.0. The fourth-order valence-corrected chi connectivity index (χ4v) is 5.47. The standard InChI is InChI=1S/C32H41N3O5S/c1-6-27-16-10-11-18-29(27)35(41(5,38)39)23-31(36)34(22-26-15-12-17-28(19-26)40-4)30(32(37)33-21-24(2)3)20-25-13-8-7-9-14-25/h7-19,24,30H,6,20-23H2,1-5H3,(H,33,37). The van der Waals surface area contributed by atoms with Gasteiger partial charge < -0.3 is 15.0 Å². The summed E-state index contributed by atoms with van der Waals surface area (Å²) in [4.78, 5) is 29.4. The van der Waals surface area contributed by atoms with Gasteiger partial charge >= 0.3 is 0 Å². The fourth-order valence-electron chi connectivity index (χ4n) is 4.59. The number of rotatable bonds is 14. The summed E-state index contributed by atoms with van der Waals surface area (Å²) in [5, 5.41) is 2.99. The molecule has 0 saturated carbocycles. The molecule has 0 fully saturated rings. The van der Waals surface area contributed by atoms with E-state index in [0.29, 0.717) is 24.4 Å². The van der Waals surface area contributed by atoms with Gasteiger partial charge in [-0.05, 0) is 47.2 Å². The molecule has 41 heavy (non-hydrogen) atoms. The topological polar surface area (TPSA) is 96.0 Å². The molecule has 1 N–H and O–H groups in total. The number of amides is 2. The summed E-state index contributed by atoms with van der Waals surface area (Å²) in [7, 11) is -2.26. The summed E-state index contributed by atoms with van der Waals surface area (Å²) in [6.45, 7) is 6.04. The molecular formula is C32H41N3O5S. The van der Waals surface area contributed by atoms with Crippen LogP contribution in [0.1, 0.15) is 37.5 Å². The van der Waals surface area contributed by atoms with Crippen LogP contribution in [0.25, 0.3) is 0 Å². The summed E-state index contributed by atoms with van der Waals surface area (Å²) < 4.78 is 32.6. The molecule has 0 radical (unpaired) electrons. The zero-order valence-electron chi connectivity index (χ0n) is 24.5. The molecule has 1 atom stereocenters. The molecule has 0 aliphatic heterocycles. The van der Waals surface area contributed by atoms with Gasteiger partial charge in [0, 0.05) is 19.5 Å². The predicted molar refractivity (Wildman–Crippen MR) is 163 cm³/mol. The molecule has 0 bridgehead atoms. The molecule has 3 aromatic carbocycles. The SMILES string of the molecule is CCc1ccccc1N(CC(=O)N(Cc1cccc(OC)c1)C(Cc1ccccc1)C(=O)NCC(C)C)S(C)(=O)=O. The molecular weight excluding hydrogens is 538 g/mol. The van der Waals surface area contributed by atoms with Crippen LogP contribution in [-0.2, 0) is 39.0 Å². The molecule has 0 saturated heterocycles. The van der Waals surface area contributed by atoms with Crippen molar-refractivity contribution >= 4 is 27.5 Å². The molecule has 0 aromatic heterocycles. The highest BCUT2D eigenvalue weighted by Gasteiger charge is 2.33. The van der Waals surface area contributed by atoms with Crippen LogP contribution in [0.4, 0.5) is 5.69 Å². The minimum absolute atomic E-state index is 0.0929. The van der Waals surface area contributed by atoms with Crippen LogP contribution in [0.15, 0.2) is 78.9 Å². The van der Waals surface area contributed by atoms with Gasteiger partial charge in [-0.1, -0.05) is 81.4 Å². The van der Waals surface area contributed by atoms with Crippen molar-refractivity contribution in [1.29, 1.82) is 0 Å². The average molecular weight is 580 g/mol. The Morgan fingerprint density at radius 2 is 1.59 bits per heavy atom. The van der Waals surface area contributed by atoms with E-state index in [2.05, 4.69) is 5.32 Å². The largest absolute Gasteiger partial charge is 0.497 e. The van der Waals surface area contributed by atoms with E-state index in [4.69, 9.17) is 4.74 Å². The van der Waals surface area contributed by atoms with Crippen molar-refractivity contribution in [2.75, 3.05) is 30.8 Å². The third kappa shape index (κ3) is 9.08. The molecule has 0 aliphatic rings. The number of nitrogens with zero attached hydrogens (tertiary/aromatic N) is 2. The van der Waals surface area contributed by atoms with Gasteiger partial charge in [0.1, 0.15) is 18.3 Å². The third-order valence-electron chi connectivity index (χ3n) is 6.76. The van der Waals surface area contributed by atoms with Gasteiger partial charge in [-0.15, -0.1) is 0 Å². The second-order valence-electron chi connectivity index (χ2n) is 10.5. The lowest BCUT2D eigenvalue weighted by Crippen LogP contribution is -2.53. The molecule has 0 heterocycles. The summed E-state index contributed by atoms with van der Waals surface area (Å²) in [5.41, 5.74) is 2.90. The summed E-state index contributed by atoms with van der Waals surface area (Å²) in [6, 6.07) is 23.1. The lowest BCUT2D eigenvalue weighted by atomic mass is 10.0. The lowest BCUT2D eigenvalue weighted by Gasteiger charge is -2.34. The van der Waals surface area contributed by atoms with Crippen LogP contribution in [0.3, 0.4) is 0 Å². The van der Waals surface area contributed by atoms with Gasteiger partial charge in [-0.25, -0.2) is 8.42 Å². The van der Waals surface area contributed by atoms with E-state index >= 15 is 0 Å². The monoisotopic (exact) mass is 579 g/mol. The number of para-hydroxylation sites is 1. The highest BCUT2D eigenvalue weighted by atomic mass is 32.2. The minimum Gasteiger partial charge on any atom is -0.497 e. The first-order valence-electron chi connectivity index (χ1n) is 13.8. The van der Waals surface area contributed by atoms with E-state index in [1.54, 1.807) is 25.3 Å². The second kappa shape index (κ2) is 14.7. The normalized spacial score (nSPS) is 12.0. The third-order valence-corrected chi connectivity index (χ3v) is 7.89. The van der Waals surface area contributed by atoms with E-state index in [1.807, 2.05) is 81.4 Å². The van der Waals surface area contributed by atoms with Gasteiger partial charge in [0.05, 0.1) is 19.1 Å². The number of hydrogen-bond donors (Lipinski definition) is 1. The molecule has 2 amide bonds. The van der Waals surface area contributed by atoms with Crippen molar-refractivity contribution in [1.82, 2.24) is 10.2 Å². The Labute approximate surface area is 244 Å². The number of nitrogens with one attached hydrogen (secondary N) is 1. The first kappa shape index (κ1) is 31.7. The molecule has 3 rings (SSSR count). The van der Waals surface area contributed by atoms with Crippen molar-refractivity contribution in [3.8, 4) is 5.75 Å². The maximum atomic E-state index is 14.2. The van der Waals surface area contributed by atoms with Crippen molar-refractivity contribution in [3.63, 3.8) is 0 Å². The van der Waals surface area contributed by atoms with Crippen molar-refractivity contribution in [2.24, 2.45) is 5.92 Å². The molecule has 3 aromatic rings. The maximum absolute atomic E-state index is 14.2. The Kier molecular flexibility index (Phi) is 11.3. The number of methoxy groups -OCH3 is 1. The van der Waals surface area contributed by atoms with E-state index in [-0.39, 0.29) is 24.8 Å². The average Bonchev–Trinajstić information content (AvgIpc) is 2.96. The van der Waals surface area contributed by atoms with Crippen LogP contribution in [0, 0.1) is 5.92 Å². The first-order chi connectivity index (χ1) is 19.5. The van der Waals surface area contributed by atoms with Gasteiger partial charge in [-0.3, -0.25) is 13.9 Å². The molecule has 1 unspecified atom stereocenters. The summed E-state index contributed by atoms with van der Waals surface area (Å²) in [6.07, 6.45) is 1.96. The number of carbonyl (C=O) groups excluding carboxylic acids is 2. The summed E-state index contributed by atoms with van der Waals surface area (Å²) >= 11 is 0. The van der Waals surface area contributed by atoms with E-state index < -0.39 is 28.5 Å². The number of anilines is 1. The van der Waals surface area contributed by atoms with E-state index in [0.717, 1.165) is 27.3 Å². The number of ether oxygens (including phenoxy) is 1. The highest BCUT2D eigenvalue weighted by molar-refractivity contribution is 7.92. The quantitative estimate of drug-likeness (QED) is 0.305. The van der Waals surface area contributed by atoms with E-state index in [9.17, 15) is 18.0 Å². The first-order valence-corrected chi connectivity index (χ1v) is 15.7. The molecule has 9 heteroatoms. The highest BCUT2D eigenvalue weighted by Crippen LogP contribution is 2.25. The second-order valence-corrected chi connectivity index (χ2v) is 12.4. The number of aryl methyl sites for hydroxylation is 1. The van der Waals surface area contributed by atoms with Gasteiger partial charge in [0.15, 0.2) is 0 Å². The lowest BCUT2D eigenvalue weighted by molar-refractivity contribution is -0.140. The van der Waals surface area contributed by atoms with Crippen LogP contribution < -0.4 is 14.4 Å². The van der Waals surface area contributed by atoms with Gasteiger partial charge in [0.2, 0.25) is 21.8 Å². The zero-order valence-corrected chi connectivity index (χ0v) is 25.4. The molecule has 220 valence electrons. The Hall–Kier alpha value is -3.85. The molecule has 0 aliphatic carbocycles. The fraction of sp³-hybridized carbons (Fsp3) is 0.375. The maximum Gasteiger partial charge on any atom is 0.244 e. The van der Waals surface area contributed by atoms with E-state index in [1.165, 1.54) is 4.90 Å². The van der Waals surface area contributed by atoms with Crippen molar-refractivity contribution < 1.29 is 22.7 Å². The molecule has 8 nitrogen and oxygen atoms in total. The predicted octanol–water partition coefficient (Wildman–Crippen LogP) is 4.44. The number of carbonyl (C=O) groups is 2. The smallest absolute Gasteiger partial charge is 0.244 e. The van der Waals surface area contributed by atoms with Gasteiger partial charge in [-0.2, -0.15) is 0 Å². The van der Waals surface area contributed by atoms with Crippen LogP contribution in [0.2, 0.25) is 0 Å². The summed E-state index contributed by atoms with van der Waals surface area (Å²) in [5.74, 6) is 0.0574. The Bertz CT molecular complexity index is 1410. The molecule has 0 spiro atoms.